The fourth-order valence-corrected chi connectivity index (χ4v) is 7.94. The number of likely N-dealkylation sites (N-methyl/N-ethyl adjacent to an activating group) is 2. The minimum atomic E-state index is -1.41. The number of nitrogens with two attached hydrogens (primary N) is 1. The topological polar surface area (TPSA) is 258 Å². The van der Waals surface area contributed by atoms with Crippen molar-refractivity contribution in [2.24, 2.45) is 17.1 Å². The number of carbonyl (C=O) groups is 8. The highest BCUT2D eigenvalue weighted by molar-refractivity contribution is 8.00. The van der Waals surface area contributed by atoms with Crippen molar-refractivity contribution in [2.45, 2.75) is 122 Å². The van der Waals surface area contributed by atoms with Gasteiger partial charge in [-0.05, 0) is 43.7 Å². The largest absolute Gasteiger partial charge is 0.480 e. The molecule has 0 spiro atoms. The molecule has 60 heavy (non-hydrogen) atoms. The van der Waals surface area contributed by atoms with Gasteiger partial charge >= 0.3 is 11.9 Å². The summed E-state index contributed by atoms with van der Waals surface area (Å²) in [4.78, 5) is 105. The third kappa shape index (κ3) is 14.4. The van der Waals surface area contributed by atoms with Crippen molar-refractivity contribution < 1.29 is 48.6 Å². The van der Waals surface area contributed by atoms with E-state index in [1.165, 1.54) is 11.8 Å². The van der Waals surface area contributed by atoms with Crippen LogP contribution in [0.1, 0.15) is 86.6 Å². The van der Waals surface area contributed by atoms with Gasteiger partial charge in [-0.2, -0.15) is 0 Å². The number of carboxylic acid groups (broad SMARTS) is 2. The van der Waals surface area contributed by atoms with Crippen molar-refractivity contribution in [1.29, 1.82) is 0 Å². The van der Waals surface area contributed by atoms with Crippen LogP contribution in [0.5, 0.6) is 0 Å². The zero-order valence-corrected chi connectivity index (χ0v) is 37.3. The highest BCUT2D eigenvalue weighted by Crippen LogP contribution is 2.29. The van der Waals surface area contributed by atoms with Crippen LogP contribution in [0, 0.1) is 11.3 Å². The Morgan fingerprint density at radius 3 is 2.13 bits per heavy atom. The molecule has 6 atom stereocenters. The Labute approximate surface area is 357 Å². The van der Waals surface area contributed by atoms with E-state index in [1.807, 2.05) is 78.8 Å². The first-order chi connectivity index (χ1) is 27.8. The van der Waals surface area contributed by atoms with Crippen LogP contribution in [0.3, 0.4) is 0 Å². The number of nitrogens with zero attached hydrogens (tertiary/aromatic N) is 2. The van der Waals surface area contributed by atoms with Crippen molar-refractivity contribution >= 4 is 59.1 Å². The number of carbonyl (C=O) groups excluding carboxylic acids is 6. The molecule has 6 amide bonds. The van der Waals surface area contributed by atoms with E-state index < -0.39 is 81.9 Å². The Balaban J connectivity index is 2.03. The smallest absolute Gasteiger partial charge is 0.326 e. The molecule has 18 heteroatoms. The summed E-state index contributed by atoms with van der Waals surface area (Å²) >= 11 is 1.01. The van der Waals surface area contributed by atoms with Gasteiger partial charge in [-0.15, -0.1) is 11.8 Å². The molecule has 0 bridgehead atoms. The van der Waals surface area contributed by atoms with E-state index in [9.17, 15) is 43.5 Å². The number of rotatable bonds is 23. The highest BCUT2D eigenvalue weighted by Gasteiger charge is 2.42. The highest BCUT2D eigenvalue weighted by atomic mass is 32.2. The van der Waals surface area contributed by atoms with Gasteiger partial charge in [0.15, 0.2) is 0 Å². The molecule has 0 saturated carbocycles. The van der Waals surface area contributed by atoms with Crippen LogP contribution in [0.2, 0.25) is 0 Å². The van der Waals surface area contributed by atoms with E-state index in [1.54, 1.807) is 20.2 Å². The summed E-state index contributed by atoms with van der Waals surface area (Å²) in [7, 11) is 3.29. The molecular weight excluding hydrogens is 795 g/mol. The van der Waals surface area contributed by atoms with Gasteiger partial charge in [0.05, 0.1) is 17.3 Å². The monoisotopic (exact) mass is 859 g/mol. The van der Waals surface area contributed by atoms with E-state index in [4.69, 9.17) is 10.8 Å². The van der Waals surface area contributed by atoms with Crippen molar-refractivity contribution in [3.05, 3.63) is 47.5 Å². The minimum absolute atomic E-state index is 0.0271. The van der Waals surface area contributed by atoms with E-state index in [2.05, 4.69) is 21.3 Å². The summed E-state index contributed by atoms with van der Waals surface area (Å²) in [5, 5.41) is 29.3. The number of hydrogen-bond acceptors (Lipinski definition) is 11. The van der Waals surface area contributed by atoms with Crippen molar-refractivity contribution in [2.75, 3.05) is 32.9 Å². The van der Waals surface area contributed by atoms with E-state index in [0.29, 0.717) is 0 Å². The lowest BCUT2D eigenvalue weighted by Gasteiger charge is -2.40. The maximum absolute atomic E-state index is 14.2. The van der Waals surface area contributed by atoms with E-state index >= 15 is 0 Å². The normalized spacial score (nSPS) is 17.4. The number of aliphatic carboxylic acids is 2. The first-order valence-corrected chi connectivity index (χ1v) is 21.1. The van der Waals surface area contributed by atoms with Crippen LogP contribution >= 0.6 is 11.8 Å². The van der Waals surface area contributed by atoms with E-state index in [0.717, 1.165) is 22.2 Å². The maximum Gasteiger partial charge on any atom is 0.326 e. The Hall–Kier alpha value is -4.81. The summed E-state index contributed by atoms with van der Waals surface area (Å²) < 4.78 is 0. The van der Waals surface area contributed by atoms with Crippen molar-refractivity contribution in [3.8, 4) is 0 Å². The van der Waals surface area contributed by atoms with Crippen LogP contribution < -0.4 is 27.0 Å². The molecule has 17 nitrogen and oxygen atoms in total. The summed E-state index contributed by atoms with van der Waals surface area (Å²) in [6.07, 6.45) is 1.27. The summed E-state index contributed by atoms with van der Waals surface area (Å²) in [5.74, 6) is -5.55. The number of hydrogen-bond donors (Lipinski definition) is 7. The summed E-state index contributed by atoms with van der Waals surface area (Å²) in [6, 6.07) is 4.79. The molecule has 2 unspecified atom stereocenters. The Kier molecular flexibility index (Phi) is 19.4. The molecule has 0 aliphatic carbocycles. The zero-order valence-electron chi connectivity index (χ0n) is 36.5. The molecule has 1 heterocycles. The van der Waals surface area contributed by atoms with Gasteiger partial charge in [-0.25, -0.2) is 4.79 Å². The first kappa shape index (κ1) is 51.3. The Bertz CT molecular complexity index is 1750. The van der Waals surface area contributed by atoms with Crippen LogP contribution in [-0.4, -0.2) is 136 Å². The molecule has 0 radical (unpaired) electrons. The minimum Gasteiger partial charge on any atom is -0.480 e. The number of likely N-dealkylation sites (tertiary alicyclic amines) is 1. The molecule has 2 rings (SSSR count). The lowest BCUT2D eigenvalue weighted by molar-refractivity contribution is -0.141. The molecule has 1 fully saturated rings. The van der Waals surface area contributed by atoms with Crippen LogP contribution in [0.25, 0.3) is 0 Å². The van der Waals surface area contributed by atoms with Gasteiger partial charge < -0.3 is 42.1 Å². The maximum atomic E-state index is 14.2. The zero-order chi connectivity index (χ0) is 45.7. The molecule has 1 aromatic rings. The van der Waals surface area contributed by atoms with E-state index in [-0.39, 0.29) is 67.8 Å². The second-order valence-electron chi connectivity index (χ2n) is 17.1. The summed E-state index contributed by atoms with van der Waals surface area (Å²) in [5.41, 5.74) is 5.25. The molecule has 8 N–H and O–H groups in total. The van der Waals surface area contributed by atoms with Crippen LogP contribution in [0.15, 0.2) is 42.0 Å². The molecule has 1 aromatic carbocycles. The number of thioether (sulfide) groups is 1. The molecular formula is C42H65N7O10S. The number of benzene rings is 1. The standard InChI is InChI=1S/C42H65N7O10S/c1-24(2)29(48(10)38(55)34(41(4,5)6)47-36(53)33(44-9)42(7,8)26-15-12-11-13-16-26)21-25(3)35(52)46-28(40(58)59)17-18-31(50)45-19-14-20-49-32(51)22-30(37(49)54)60-23-27(43)39(56)57/h11-13,15-16,21,24,27-30,33-34,44H,14,17-20,22-23,43H2,1-10H3,(H,45,50)(H,46,52)(H,47,53)(H,56,57)(H,58,59)/b25-21+/t27-,28+,29+,30?,33+,34?/m0/s1. The Morgan fingerprint density at radius 1 is 0.983 bits per heavy atom. The van der Waals surface area contributed by atoms with Gasteiger partial charge in [0, 0.05) is 49.7 Å². The SMILES string of the molecule is CN[C@H](C(=O)NC(C(=O)N(C)[C@H](/C=C(\C)C(=O)N[C@H](CCC(=O)NCCCN1C(=O)CC(SC[C@H](N)C(=O)O)C1=O)C(=O)O)C(C)C)C(C)(C)C)C(C)(C)c1ccccc1. The lowest BCUT2D eigenvalue weighted by Crippen LogP contribution is -2.61. The van der Waals surface area contributed by atoms with Crippen LogP contribution in [0.4, 0.5) is 0 Å². The van der Waals surface area contributed by atoms with Gasteiger partial charge in [0.1, 0.15) is 18.1 Å². The van der Waals surface area contributed by atoms with Gasteiger partial charge in [-0.3, -0.25) is 38.5 Å². The summed E-state index contributed by atoms with van der Waals surface area (Å²) in [6.45, 7) is 14.8. The second-order valence-corrected chi connectivity index (χ2v) is 18.3. The predicted molar refractivity (Wildman–Crippen MR) is 228 cm³/mol. The van der Waals surface area contributed by atoms with Crippen molar-refractivity contribution in [3.63, 3.8) is 0 Å². The molecule has 0 aromatic heterocycles. The quantitative estimate of drug-likeness (QED) is 0.0470. The fourth-order valence-electron chi connectivity index (χ4n) is 6.83. The molecule has 1 aliphatic heterocycles. The number of carboxylic acids is 2. The Morgan fingerprint density at radius 2 is 1.60 bits per heavy atom. The van der Waals surface area contributed by atoms with Gasteiger partial charge in [-0.1, -0.05) is 84.9 Å². The number of nitrogens with one attached hydrogen (secondary N) is 4. The third-order valence-electron chi connectivity index (χ3n) is 10.6. The molecule has 334 valence electrons. The molecule has 1 aliphatic rings. The third-order valence-corrected chi connectivity index (χ3v) is 11.9. The number of amides is 6. The average Bonchev–Trinajstić information content (AvgIpc) is 3.44. The predicted octanol–water partition coefficient (Wildman–Crippen LogP) is 1.64. The lowest BCUT2D eigenvalue weighted by atomic mass is 9.76. The fraction of sp³-hybridized carbons (Fsp3) is 0.619. The average molecular weight is 860 g/mol. The van der Waals surface area contributed by atoms with Gasteiger partial charge in [0.25, 0.3) is 0 Å². The van der Waals surface area contributed by atoms with Gasteiger partial charge in [0.2, 0.25) is 35.4 Å². The second kappa shape index (κ2) is 22.7. The van der Waals surface area contributed by atoms with Crippen LogP contribution in [-0.2, 0) is 43.8 Å². The first-order valence-electron chi connectivity index (χ1n) is 20.1. The number of imide groups is 1. The molecule has 1 saturated heterocycles. The van der Waals surface area contributed by atoms with Crippen molar-refractivity contribution in [1.82, 2.24) is 31.1 Å².